The molecule has 1 aliphatic heterocycles. The van der Waals surface area contributed by atoms with Crippen LogP contribution in [0.4, 0.5) is 11.4 Å². The summed E-state index contributed by atoms with van der Waals surface area (Å²) in [7, 11) is 1.04. The maximum Gasteiger partial charge on any atom is 0.0645 e. The molecule has 0 bridgehead atoms. The van der Waals surface area contributed by atoms with Crippen molar-refractivity contribution in [2.75, 3.05) is 25.5 Å². The van der Waals surface area contributed by atoms with Gasteiger partial charge in [-0.25, -0.2) is 0 Å². The second kappa shape index (κ2) is 5.51. The van der Waals surface area contributed by atoms with Gasteiger partial charge in [0.25, 0.3) is 0 Å². The number of rotatable bonds is 3. The summed E-state index contributed by atoms with van der Waals surface area (Å²) in [5.41, 5.74) is 0.458. The minimum Gasteiger partial charge on any atom is -0.338 e. The summed E-state index contributed by atoms with van der Waals surface area (Å²) in [6, 6.07) is 2.56. The van der Waals surface area contributed by atoms with E-state index in [0.29, 0.717) is 15.5 Å². The van der Waals surface area contributed by atoms with E-state index < -0.39 is 38.5 Å². The van der Waals surface area contributed by atoms with E-state index in [0.717, 1.165) is 18.8 Å². The van der Waals surface area contributed by atoms with Crippen molar-refractivity contribution < 1.29 is 15.1 Å². The van der Waals surface area contributed by atoms with Crippen LogP contribution in [-0.4, -0.2) is 31.5 Å². The van der Waals surface area contributed by atoms with Gasteiger partial charge in [-0.15, -0.1) is 0 Å². The number of fused-ring (bicyclic) bond motifs is 2. The smallest absolute Gasteiger partial charge is 0.0645 e. The Morgan fingerprint density at radius 3 is 3.00 bits per heavy atom. The molecule has 3 rings (SSSR count). The molecular weight excluding hydrogens is 264 g/mol. The Morgan fingerprint density at radius 2 is 2.15 bits per heavy atom. The number of hydrogen-bond donors (Lipinski definition) is 0. The van der Waals surface area contributed by atoms with Gasteiger partial charge < -0.3 is 9.80 Å². The van der Waals surface area contributed by atoms with Crippen molar-refractivity contribution >= 4 is 23.1 Å². The number of benzene rings is 2. The molecule has 1 heterocycles. The molecule has 2 aromatic carbocycles. The van der Waals surface area contributed by atoms with Crippen LogP contribution in [0.3, 0.4) is 0 Å². The summed E-state index contributed by atoms with van der Waals surface area (Å²) >= 11 is 1.12. The second-order valence-corrected chi connectivity index (χ2v) is 5.39. The van der Waals surface area contributed by atoms with Gasteiger partial charge in [-0.05, 0) is 45.1 Å². The first-order chi connectivity index (χ1) is 14.1. The minimum absolute atomic E-state index is 0.0227. The fourth-order valence-electron chi connectivity index (χ4n) is 1.98. The van der Waals surface area contributed by atoms with Crippen LogP contribution in [0.1, 0.15) is 21.9 Å². The second-order valence-electron chi connectivity index (χ2n) is 4.34. The van der Waals surface area contributed by atoms with Gasteiger partial charge in [0, 0.05) is 31.9 Å². The van der Waals surface area contributed by atoms with E-state index in [9.17, 15) is 0 Å². The zero-order valence-electron chi connectivity index (χ0n) is 21.8. The molecule has 0 saturated heterocycles. The zero-order valence-corrected chi connectivity index (χ0v) is 11.6. The predicted octanol–water partition coefficient (Wildman–Crippen LogP) is 4.24. The molecule has 0 saturated carbocycles. The van der Waals surface area contributed by atoms with Crippen molar-refractivity contribution in [1.29, 1.82) is 0 Å². The molecule has 0 N–H and O–H groups in total. The number of para-hydroxylation sites is 2. The Labute approximate surface area is 140 Å². The van der Waals surface area contributed by atoms with Crippen molar-refractivity contribution in [3.63, 3.8) is 0 Å². The maximum absolute atomic E-state index is 8.74. The Balaban J connectivity index is 2.28. The molecule has 1 unspecified atom stereocenters. The molecule has 0 aromatic heterocycles. The molecule has 0 fully saturated rings. The van der Waals surface area contributed by atoms with Crippen molar-refractivity contribution in [3.8, 4) is 0 Å². The summed E-state index contributed by atoms with van der Waals surface area (Å²) in [4.78, 5) is 2.61. The standard InChI is InChI=1S/C17H20N2S/c1-13(18(2)3)12-19-14-8-4-6-10-16(14)20-17-11-7-5-9-15(17)19/h4-11,13H,12H2,1-3H3/i1D3,2D3,4D,6D,8D,10D,13D. The third kappa shape index (κ3) is 2.43. The fourth-order valence-corrected chi connectivity index (χ4v) is 2.98. The first-order valence-corrected chi connectivity index (χ1v) is 6.81. The van der Waals surface area contributed by atoms with E-state index in [1.165, 1.54) is 4.90 Å². The highest BCUT2D eigenvalue weighted by molar-refractivity contribution is 7.99. The summed E-state index contributed by atoms with van der Waals surface area (Å²) in [5, 5.41) is 0. The lowest BCUT2D eigenvalue weighted by molar-refractivity contribution is 0.319. The summed E-state index contributed by atoms with van der Waals surface area (Å²) in [6.45, 7) is -6.58. The maximum atomic E-state index is 8.74. The van der Waals surface area contributed by atoms with Crippen molar-refractivity contribution in [2.45, 2.75) is 22.7 Å². The monoisotopic (exact) mass is 295 g/mol. The van der Waals surface area contributed by atoms with Gasteiger partial charge in [-0.3, -0.25) is 0 Å². The van der Waals surface area contributed by atoms with Crippen LogP contribution in [0.2, 0.25) is 0 Å². The Hall–Kier alpha value is -1.45. The van der Waals surface area contributed by atoms with Crippen LogP contribution in [0.25, 0.3) is 0 Å². The van der Waals surface area contributed by atoms with Gasteiger partial charge >= 0.3 is 0 Å². The van der Waals surface area contributed by atoms with Crippen LogP contribution in [0.5, 0.6) is 0 Å². The van der Waals surface area contributed by atoms with Crippen LogP contribution in [0, 0.1) is 0 Å². The molecule has 20 heavy (non-hydrogen) atoms. The van der Waals surface area contributed by atoms with E-state index >= 15 is 0 Å². The Morgan fingerprint density at radius 1 is 1.30 bits per heavy atom. The van der Waals surface area contributed by atoms with Crippen LogP contribution < -0.4 is 4.90 Å². The average Bonchev–Trinajstić information content (AvgIpc) is 2.68. The lowest BCUT2D eigenvalue weighted by Gasteiger charge is -2.36. The molecule has 1 aliphatic rings. The van der Waals surface area contributed by atoms with E-state index in [4.69, 9.17) is 15.1 Å². The van der Waals surface area contributed by atoms with Gasteiger partial charge in [-0.2, -0.15) is 0 Å². The van der Waals surface area contributed by atoms with Gasteiger partial charge in [-0.1, -0.05) is 36.0 Å². The first-order valence-electron chi connectivity index (χ1n) is 11.5. The third-order valence-electron chi connectivity index (χ3n) is 2.99. The van der Waals surface area contributed by atoms with Gasteiger partial charge in [0.2, 0.25) is 0 Å². The van der Waals surface area contributed by atoms with Gasteiger partial charge in [0.15, 0.2) is 0 Å². The summed E-state index contributed by atoms with van der Waals surface area (Å²) < 4.78 is 88.2. The number of hydrogen-bond acceptors (Lipinski definition) is 3. The van der Waals surface area contributed by atoms with E-state index in [2.05, 4.69) is 0 Å². The van der Waals surface area contributed by atoms with Gasteiger partial charge in [0.05, 0.1) is 16.9 Å². The molecular formula is C17H20N2S. The van der Waals surface area contributed by atoms with Crippen molar-refractivity contribution in [3.05, 3.63) is 48.4 Å². The molecule has 0 amide bonds. The van der Waals surface area contributed by atoms with Crippen molar-refractivity contribution in [1.82, 2.24) is 4.90 Å². The molecule has 2 nitrogen and oxygen atoms in total. The molecule has 104 valence electrons. The van der Waals surface area contributed by atoms with Crippen LogP contribution in [0.15, 0.2) is 58.2 Å². The highest BCUT2D eigenvalue weighted by Crippen LogP contribution is 2.47. The van der Waals surface area contributed by atoms with E-state index in [-0.39, 0.29) is 22.7 Å². The quantitative estimate of drug-likeness (QED) is 0.836. The molecule has 0 radical (unpaired) electrons. The average molecular weight is 295 g/mol. The molecule has 2 aromatic rings. The lowest BCUT2D eigenvalue weighted by Crippen LogP contribution is -2.37. The summed E-state index contributed by atoms with van der Waals surface area (Å²) in [6.07, 6.45) is 0. The molecule has 3 heteroatoms. The SMILES string of the molecule is [2H]c1c([2H])c([2H])c2c(c1[2H])Sc1ccccc1N2CC([2H])(N(C)C([2H])([2H])[2H])C([2H])([2H])[2H]. The fraction of sp³-hybridized carbons (Fsp3) is 0.294. The molecule has 0 aliphatic carbocycles. The van der Waals surface area contributed by atoms with Crippen molar-refractivity contribution in [2.24, 2.45) is 0 Å². The summed E-state index contributed by atoms with van der Waals surface area (Å²) in [5.74, 6) is 0. The van der Waals surface area contributed by atoms with Gasteiger partial charge in [0.1, 0.15) is 0 Å². The zero-order chi connectivity index (χ0) is 23.5. The number of nitrogens with zero attached hydrogens (tertiary/aromatic N) is 2. The highest BCUT2D eigenvalue weighted by Gasteiger charge is 2.24. The largest absolute Gasteiger partial charge is 0.338 e. The Bertz CT molecular complexity index is 1020. The topological polar surface area (TPSA) is 6.48 Å². The Kier molecular flexibility index (Phi) is 1.58. The number of anilines is 2. The minimum atomic E-state index is -3.04. The lowest BCUT2D eigenvalue weighted by atomic mass is 10.2. The molecule has 1 atom stereocenters. The normalized spacial score (nSPS) is 25.7. The van der Waals surface area contributed by atoms with E-state index in [1.54, 1.807) is 24.3 Å². The van der Waals surface area contributed by atoms with E-state index in [1.807, 2.05) is 0 Å². The number of likely N-dealkylation sites (N-methyl/N-ethyl adjacent to an activating group) is 1. The third-order valence-corrected chi connectivity index (χ3v) is 4.05. The van der Waals surface area contributed by atoms with Crippen LogP contribution in [-0.2, 0) is 0 Å². The first kappa shape index (κ1) is 5.74. The highest BCUT2D eigenvalue weighted by atomic mass is 32.2. The predicted molar refractivity (Wildman–Crippen MR) is 87.2 cm³/mol. The van der Waals surface area contributed by atoms with Crippen LogP contribution >= 0.6 is 11.8 Å². The molecule has 0 spiro atoms.